The Morgan fingerprint density at radius 1 is 1.41 bits per heavy atom. The number of rotatable bonds is 5. The summed E-state index contributed by atoms with van der Waals surface area (Å²) in [5, 5.41) is 18.3. The summed E-state index contributed by atoms with van der Waals surface area (Å²) in [5.74, 6) is 0. The number of hydrogen-bond acceptors (Lipinski definition) is 4. The predicted molar refractivity (Wildman–Crippen MR) is 66.8 cm³/mol. The minimum Gasteiger partial charge on any atom is -0.396 e. The standard InChI is InChI=1S/C13H20N2O2/c16-8-2-4-12-3-1-7-15(12)13-5-6-14-9-11(13)10-17/h5-6,9,12,16-17H,1-4,7-8,10H2. The zero-order valence-corrected chi connectivity index (χ0v) is 10.0. The Balaban J connectivity index is 2.14. The van der Waals surface area contributed by atoms with Crippen molar-refractivity contribution in [3.63, 3.8) is 0 Å². The maximum absolute atomic E-state index is 9.33. The smallest absolute Gasteiger partial charge is 0.0717 e. The van der Waals surface area contributed by atoms with Gasteiger partial charge in [0, 0.05) is 42.8 Å². The maximum Gasteiger partial charge on any atom is 0.0717 e. The van der Waals surface area contributed by atoms with Gasteiger partial charge in [-0.2, -0.15) is 0 Å². The molecule has 17 heavy (non-hydrogen) atoms. The zero-order chi connectivity index (χ0) is 12.1. The molecule has 2 N–H and O–H groups in total. The highest BCUT2D eigenvalue weighted by Crippen LogP contribution is 2.30. The first kappa shape index (κ1) is 12.3. The van der Waals surface area contributed by atoms with E-state index in [4.69, 9.17) is 5.11 Å². The van der Waals surface area contributed by atoms with Crippen molar-refractivity contribution < 1.29 is 10.2 Å². The first-order valence-corrected chi connectivity index (χ1v) is 6.28. The Hall–Kier alpha value is -1.13. The van der Waals surface area contributed by atoms with E-state index in [2.05, 4.69) is 9.88 Å². The van der Waals surface area contributed by atoms with E-state index < -0.39 is 0 Å². The fourth-order valence-electron chi connectivity index (χ4n) is 2.60. The summed E-state index contributed by atoms with van der Waals surface area (Å²) in [6, 6.07) is 2.47. The summed E-state index contributed by atoms with van der Waals surface area (Å²) >= 11 is 0. The van der Waals surface area contributed by atoms with Gasteiger partial charge in [-0.05, 0) is 31.7 Å². The lowest BCUT2D eigenvalue weighted by molar-refractivity contribution is 0.277. The number of pyridine rings is 1. The van der Waals surface area contributed by atoms with Crippen LogP contribution in [0.4, 0.5) is 5.69 Å². The molecule has 1 saturated heterocycles. The third-order valence-corrected chi connectivity index (χ3v) is 3.43. The fraction of sp³-hybridized carbons (Fsp3) is 0.615. The third kappa shape index (κ3) is 2.76. The Morgan fingerprint density at radius 3 is 3.06 bits per heavy atom. The van der Waals surface area contributed by atoms with Gasteiger partial charge >= 0.3 is 0 Å². The van der Waals surface area contributed by atoms with Crippen molar-refractivity contribution in [2.24, 2.45) is 0 Å². The molecule has 0 spiro atoms. The van der Waals surface area contributed by atoms with Crippen LogP contribution in [0.1, 0.15) is 31.2 Å². The topological polar surface area (TPSA) is 56.6 Å². The van der Waals surface area contributed by atoms with Crippen LogP contribution in [0, 0.1) is 0 Å². The van der Waals surface area contributed by atoms with Crippen molar-refractivity contribution in [2.75, 3.05) is 18.1 Å². The lowest BCUT2D eigenvalue weighted by Crippen LogP contribution is -2.30. The molecule has 0 bridgehead atoms. The van der Waals surface area contributed by atoms with Crippen molar-refractivity contribution in [1.82, 2.24) is 4.98 Å². The van der Waals surface area contributed by atoms with Crippen LogP contribution in [0.5, 0.6) is 0 Å². The van der Waals surface area contributed by atoms with Gasteiger partial charge in [0.15, 0.2) is 0 Å². The second kappa shape index (κ2) is 5.98. The van der Waals surface area contributed by atoms with Crippen molar-refractivity contribution in [1.29, 1.82) is 0 Å². The third-order valence-electron chi connectivity index (χ3n) is 3.43. The first-order valence-electron chi connectivity index (χ1n) is 6.28. The van der Waals surface area contributed by atoms with Gasteiger partial charge in [-0.15, -0.1) is 0 Å². The highest BCUT2D eigenvalue weighted by molar-refractivity contribution is 5.53. The minimum atomic E-state index is 0.0341. The van der Waals surface area contributed by atoms with E-state index in [9.17, 15) is 5.11 Å². The molecule has 1 aromatic heterocycles. The molecule has 0 saturated carbocycles. The summed E-state index contributed by atoms with van der Waals surface area (Å²) < 4.78 is 0. The highest BCUT2D eigenvalue weighted by atomic mass is 16.3. The van der Waals surface area contributed by atoms with Crippen molar-refractivity contribution >= 4 is 5.69 Å². The SMILES string of the molecule is OCCCC1CCCN1c1ccncc1CO. The lowest BCUT2D eigenvalue weighted by atomic mass is 10.1. The number of hydrogen-bond donors (Lipinski definition) is 2. The molecule has 1 atom stereocenters. The van der Waals surface area contributed by atoms with Gasteiger partial charge in [0.05, 0.1) is 6.61 Å². The molecular formula is C13H20N2O2. The van der Waals surface area contributed by atoms with E-state index in [0.29, 0.717) is 6.04 Å². The van der Waals surface area contributed by atoms with Gasteiger partial charge in [0.2, 0.25) is 0 Å². The number of aliphatic hydroxyl groups is 2. The van der Waals surface area contributed by atoms with E-state index in [0.717, 1.165) is 30.6 Å². The van der Waals surface area contributed by atoms with Crippen LogP contribution >= 0.6 is 0 Å². The molecule has 0 aromatic carbocycles. The Bertz CT molecular complexity index is 357. The Labute approximate surface area is 102 Å². The number of anilines is 1. The number of aliphatic hydroxyl groups excluding tert-OH is 2. The highest BCUT2D eigenvalue weighted by Gasteiger charge is 2.25. The lowest BCUT2D eigenvalue weighted by Gasteiger charge is -2.28. The van der Waals surface area contributed by atoms with Crippen LogP contribution in [-0.2, 0) is 6.61 Å². The second-order valence-electron chi connectivity index (χ2n) is 4.52. The summed E-state index contributed by atoms with van der Waals surface area (Å²) in [6.45, 7) is 1.33. The molecular weight excluding hydrogens is 216 g/mol. The van der Waals surface area contributed by atoms with Gasteiger partial charge < -0.3 is 15.1 Å². The monoisotopic (exact) mass is 236 g/mol. The largest absolute Gasteiger partial charge is 0.396 e. The molecule has 1 aromatic rings. The fourth-order valence-corrected chi connectivity index (χ4v) is 2.60. The van der Waals surface area contributed by atoms with E-state index in [1.54, 1.807) is 12.4 Å². The molecule has 94 valence electrons. The number of nitrogens with zero attached hydrogens (tertiary/aromatic N) is 2. The van der Waals surface area contributed by atoms with Gasteiger partial charge in [0.25, 0.3) is 0 Å². The second-order valence-corrected chi connectivity index (χ2v) is 4.52. The van der Waals surface area contributed by atoms with E-state index in [1.165, 1.54) is 12.8 Å². The molecule has 0 amide bonds. The van der Waals surface area contributed by atoms with E-state index in [-0.39, 0.29) is 13.2 Å². The Morgan fingerprint density at radius 2 is 2.29 bits per heavy atom. The van der Waals surface area contributed by atoms with Gasteiger partial charge in [-0.3, -0.25) is 4.98 Å². The average Bonchev–Trinajstić information content (AvgIpc) is 2.84. The Kier molecular flexibility index (Phi) is 4.34. The van der Waals surface area contributed by atoms with Gasteiger partial charge in [0.1, 0.15) is 0 Å². The van der Waals surface area contributed by atoms with Crippen molar-refractivity contribution in [2.45, 2.75) is 38.3 Å². The molecule has 1 fully saturated rings. The van der Waals surface area contributed by atoms with Crippen LogP contribution in [0.15, 0.2) is 18.5 Å². The van der Waals surface area contributed by atoms with E-state index >= 15 is 0 Å². The summed E-state index contributed by atoms with van der Waals surface area (Å²) in [5.41, 5.74) is 1.99. The molecule has 2 rings (SSSR count). The molecule has 4 nitrogen and oxygen atoms in total. The zero-order valence-electron chi connectivity index (χ0n) is 10.0. The van der Waals surface area contributed by atoms with Crippen LogP contribution in [0.2, 0.25) is 0 Å². The van der Waals surface area contributed by atoms with Crippen LogP contribution in [-0.4, -0.2) is 34.4 Å². The maximum atomic E-state index is 9.33. The summed E-state index contributed by atoms with van der Waals surface area (Å²) in [6.07, 6.45) is 7.73. The van der Waals surface area contributed by atoms with Gasteiger partial charge in [-0.1, -0.05) is 0 Å². The quantitative estimate of drug-likeness (QED) is 0.809. The summed E-state index contributed by atoms with van der Waals surface area (Å²) in [4.78, 5) is 6.40. The molecule has 1 unspecified atom stereocenters. The van der Waals surface area contributed by atoms with E-state index in [1.807, 2.05) is 6.07 Å². The molecule has 4 heteroatoms. The molecule has 0 radical (unpaired) electrons. The normalized spacial score (nSPS) is 19.9. The predicted octanol–water partition coefficient (Wildman–Crippen LogP) is 1.32. The van der Waals surface area contributed by atoms with Crippen molar-refractivity contribution in [3.8, 4) is 0 Å². The van der Waals surface area contributed by atoms with Crippen LogP contribution in [0.3, 0.4) is 0 Å². The number of aromatic nitrogens is 1. The van der Waals surface area contributed by atoms with Crippen LogP contribution in [0.25, 0.3) is 0 Å². The summed E-state index contributed by atoms with van der Waals surface area (Å²) in [7, 11) is 0. The van der Waals surface area contributed by atoms with Crippen LogP contribution < -0.4 is 4.90 Å². The van der Waals surface area contributed by atoms with Crippen molar-refractivity contribution in [3.05, 3.63) is 24.0 Å². The molecule has 1 aliphatic rings. The first-order chi connectivity index (χ1) is 8.36. The minimum absolute atomic E-state index is 0.0341. The molecule has 0 aliphatic carbocycles. The van der Waals surface area contributed by atoms with Gasteiger partial charge in [-0.25, -0.2) is 0 Å². The molecule has 2 heterocycles. The molecule has 1 aliphatic heterocycles. The average molecular weight is 236 g/mol.